The molecule has 1 atom stereocenters. The second-order valence-corrected chi connectivity index (χ2v) is 7.77. The quantitative estimate of drug-likeness (QED) is 0.758. The Kier molecular flexibility index (Phi) is 6.05. The lowest BCUT2D eigenvalue weighted by molar-refractivity contribution is -0.141. The molecule has 0 spiro atoms. The minimum Gasteiger partial charge on any atom is -0.484 e. The fourth-order valence-corrected chi connectivity index (χ4v) is 3.87. The average Bonchev–Trinajstić information content (AvgIpc) is 2.64. The zero-order chi connectivity index (χ0) is 20.3. The number of carbonyl (C=O) groups excluding carboxylic acids is 1. The zero-order valence-corrected chi connectivity index (χ0v) is 16.7. The predicted molar refractivity (Wildman–Crippen MR) is 107 cm³/mol. The van der Waals surface area contributed by atoms with E-state index in [9.17, 15) is 14.7 Å². The number of β-amino-alcohol motifs (C(OH)–C–C–N with tert-alkyl or cyclic N) is 1. The first-order chi connectivity index (χ1) is 13.3. The summed E-state index contributed by atoms with van der Waals surface area (Å²) in [5.74, 6) is 0.304. The van der Waals surface area contributed by atoms with E-state index in [1.54, 1.807) is 17.0 Å². The van der Waals surface area contributed by atoms with Crippen LogP contribution >= 0.6 is 0 Å². The molecule has 1 fully saturated rings. The van der Waals surface area contributed by atoms with Crippen LogP contribution in [-0.2, 0) is 11.2 Å². The first kappa shape index (κ1) is 20.4. The van der Waals surface area contributed by atoms with E-state index in [0.717, 1.165) is 23.8 Å². The molecule has 28 heavy (non-hydrogen) atoms. The van der Waals surface area contributed by atoms with Crippen molar-refractivity contribution in [2.24, 2.45) is 0 Å². The van der Waals surface area contributed by atoms with Crippen molar-refractivity contribution in [1.82, 2.24) is 9.80 Å². The van der Waals surface area contributed by atoms with Crippen molar-refractivity contribution in [3.63, 3.8) is 0 Å². The average molecular weight is 388 g/mol. The maximum atomic E-state index is 12.6. The zero-order valence-electron chi connectivity index (χ0n) is 16.7. The number of amides is 1. The van der Waals surface area contributed by atoms with E-state index < -0.39 is 11.2 Å². The van der Waals surface area contributed by atoms with Gasteiger partial charge in [0.25, 0.3) is 5.91 Å². The van der Waals surface area contributed by atoms with Crippen LogP contribution in [0.4, 0.5) is 0 Å². The van der Waals surface area contributed by atoms with Crippen LogP contribution in [0, 0.1) is 0 Å². The van der Waals surface area contributed by atoms with Gasteiger partial charge in [0.05, 0.1) is 12.1 Å². The second kappa shape index (κ2) is 8.32. The molecule has 0 saturated carbocycles. The van der Waals surface area contributed by atoms with Gasteiger partial charge in [0.1, 0.15) is 11.3 Å². The molecule has 1 saturated heterocycles. The summed E-state index contributed by atoms with van der Waals surface area (Å²) in [5.41, 5.74) is 0.0846. The Balaban J connectivity index is 1.66. The highest BCUT2D eigenvalue weighted by Crippen LogP contribution is 2.24. The van der Waals surface area contributed by atoms with Gasteiger partial charge in [-0.1, -0.05) is 6.92 Å². The Morgan fingerprint density at radius 1 is 1.36 bits per heavy atom. The van der Waals surface area contributed by atoms with Crippen LogP contribution in [0.15, 0.2) is 33.5 Å². The summed E-state index contributed by atoms with van der Waals surface area (Å²) < 4.78 is 10.9. The Labute approximate surface area is 164 Å². The van der Waals surface area contributed by atoms with Crippen LogP contribution in [-0.4, -0.2) is 66.8 Å². The topological polar surface area (TPSA) is 83.2 Å². The van der Waals surface area contributed by atoms with Crippen molar-refractivity contribution in [2.75, 3.05) is 40.3 Å². The number of hydrogen-bond donors (Lipinski definition) is 1. The molecule has 1 aliphatic rings. The van der Waals surface area contributed by atoms with Gasteiger partial charge in [-0.3, -0.25) is 4.79 Å². The van der Waals surface area contributed by atoms with Crippen molar-refractivity contribution >= 4 is 16.9 Å². The van der Waals surface area contributed by atoms with Crippen molar-refractivity contribution in [2.45, 2.75) is 31.8 Å². The first-order valence-corrected chi connectivity index (χ1v) is 9.64. The Hall–Kier alpha value is -2.38. The third kappa shape index (κ3) is 4.72. The SMILES string of the molecule is CCc1cc(=O)oc2cc(OCC(=O)N3CCCC(O)(CN(C)C)C3)ccc12. The summed E-state index contributed by atoms with van der Waals surface area (Å²) in [6, 6.07) is 6.75. The third-order valence-electron chi connectivity index (χ3n) is 5.06. The number of aryl methyl sites for hydroxylation is 1. The number of likely N-dealkylation sites (tertiary alicyclic amines) is 1. The number of benzene rings is 1. The van der Waals surface area contributed by atoms with Gasteiger partial charge in [0.15, 0.2) is 6.61 Å². The third-order valence-corrected chi connectivity index (χ3v) is 5.06. The van der Waals surface area contributed by atoms with Crippen LogP contribution in [0.2, 0.25) is 0 Å². The van der Waals surface area contributed by atoms with Gasteiger partial charge >= 0.3 is 5.63 Å². The maximum Gasteiger partial charge on any atom is 0.336 e. The number of nitrogens with zero attached hydrogens (tertiary/aromatic N) is 2. The Morgan fingerprint density at radius 2 is 2.14 bits per heavy atom. The van der Waals surface area contributed by atoms with Crippen molar-refractivity contribution < 1.29 is 19.1 Å². The van der Waals surface area contributed by atoms with E-state index in [4.69, 9.17) is 9.15 Å². The molecule has 1 aliphatic heterocycles. The highest BCUT2D eigenvalue weighted by atomic mass is 16.5. The highest BCUT2D eigenvalue weighted by Gasteiger charge is 2.35. The highest BCUT2D eigenvalue weighted by molar-refractivity contribution is 5.82. The van der Waals surface area contributed by atoms with E-state index in [1.165, 1.54) is 6.07 Å². The molecule has 1 unspecified atom stereocenters. The number of fused-ring (bicyclic) bond motifs is 1. The number of carbonyl (C=O) groups is 1. The molecule has 3 rings (SSSR count). The molecule has 0 radical (unpaired) electrons. The fraction of sp³-hybridized carbons (Fsp3) is 0.524. The molecule has 1 aromatic heterocycles. The molecule has 0 aliphatic carbocycles. The van der Waals surface area contributed by atoms with Gasteiger partial charge in [-0.25, -0.2) is 4.79 Å². The number of piperidine rings is 1. The standard InChI is InChI=1S/C21H28N2O5/c1-4-15-10-20(25)28-18-11-16(6-7-17(15)18)27-12-19(24)23-9-5-8-21(26,14-23)13-22(2)3/h6-7,10-11,26H,4-5,8-9,12-14H2,1-3H3. The summed E-state index contributed by atoms with van der Waals surface area (Å²) in [5, 5.41) is 11.6. The van der Waals surface area contributed by atoms with E-state index in [1.807, 2.05) is 32.0 Å². The molecule has 1 N–H and O–H groups in total. The molecule has 1 aromatic carbocycles. The van der Waals surface area contributed by atoms with Gasteiger partial charge in [0, 0.05) is 30.6 Å². The summed E-state index contributed by atoms with van der Waals surface area (Å²) in [6.45, 7) is 3.29. The van der Waals surface area contributed by atoms with Gasteiger partial charge < -0.3 is 24.1 Å². The first-order valence-electron chi connectivity index (χ1n) is 9.64. The van der Waals surface area contributed by atoms with Gasteiger partial charge in [0.2, 0.25) is 0 Å². The predicted octanol–water partition coefficient (Wildman–Crippen LogP) is 1.65. The molecule has 2 heterocycles. The van der Waals surface area contributed by atoms with Crippen molar-refractivity contribution in [3.8, 4) is 5.75 Å². The molecule has 0 bridgehead atoms. The van der Waals surface area contributed by atoms with Crippen LogP contribution in [0.1, 0.15) is 25.3 Å². The lowest BCUT2D eigenvalue weighted by Crippen LogP contribution is -2.55. The van der Waals surface area contributed by atoms with Crippen LogP contribution in [0.3, 0.4) is 0 Å². The van der Waals surface area contributed by atoms with E-state index in [2.05, 4.69) is 0 Å². The number of hydrogen-bond acceptors (Lipinski definition) is 6. The van der Waals surface area contributed by atoms with Crippen molar-refractivity contribution in [1.29, 1.82) is 0 Å². The van der Waals surface area contributed by atoms with E-state index >= 15 is 0 Å². The Morgan fingerprint density at radius 3 is 2.86 bits per heavy atom. The van der Waals surface area contributed by atoms with Crippen LogP contribution < -0.4 is 10.4 Å². The van der Waals surface area contributed by atoms with Crippen LogP contribution in [0.25, 0.3) is 11.0 Å². The minimum absolute atomic E-state index is 0.124. The lowest BCUT2D eigenvalue weighted by Gasteiger charge is -2.40. The molecule has 152 valence electrons. The van der Waals surface area contributed by atoms with E-state index in [-0.39, 0.29) is 12.5 Å². The summed E-state index contributed by atoms with van der Waals surface area (Å²) in [6.07, 6.45) is 2.17. The number of likely N-dealkylation sites (N-methyl/N-ethyl adjacent to an activating group) is 1. The largest absolute Gasteiger partial charge is 0.484 e. The van der Waals surface area contributed by atoms with Crippen LogP contribution in [0.5, 0.6) is 5.75 Å². The monoisotopic (exact) mass is 388 g/mol. The number of ether oxygens (including phenoxy) is 1. The van der Waals surface area contributed by atoms with Gasteiger partial charge in [-0.05, 0) is 51.1 Å². The van der Waals surface area contributed by atoms with Gasteiger partial charge in [-0.2, -0.15) is 0 Å². The normalized spacial score (nSPS) is 20.0. The number of rotatable bonds is 6. The lowest BCUT2D eigenvalue weighted by atomic mass is 9.92. The summed E-state index contributed by atoms with van der Waals surface area (Å²) in [4.78, 5) is 27.8. The molecule has 2 aromatic rings. The second-order valence-electron chi connectivity index (χ2n) is 7.77. The Bertz CT molecular complexity index is 907. The molecular formula is C21H28N2O5. The van der Waals surface area contributed by atoms with E-state index in [0.29, 0.717) is 37.4 Å². The minimum atomic E-state index is -0.889. The smallest absolute Gasteiger partial charge is 0.336 e. The van der Waals surface area contributed by atoms with Crippen molar-refractivity contribution in [3.05, 3.63) is 40.2 Å². The van der Waals surface area contributed by atoms with Gasteiger partial charge in [-0.15, -0.1) is 0 Å². The molecule has 7 heteroatoms. The maximum absolute atomic E-state index is 12.6. The summed E-state index contributed by atoms with van der Waals surface area (Å²) in [7, 11) is 3.81. The fourth-order valence-electron chi connectivity index (χ4n) is 3.87. The number of aliphatic hydroxyl groups is 1. The molecular weight excluding hydrogens is 360 g/mol. The molecule has 1 amide bonds. The summed E-state index contributed by atoms with van der Waals surface area (Å²) >= 11 is 0. The molecule has 7 nitrogen and oxygen atoms in total.